The number of carbonyl (C=O) groups excluding carboxylic acids is 1. The van der Waals surface area contributed by atoms with Crippen LogP contribution in [0.3, 0.4) is 0 Å². The van der Waals surface area contributed by atoms with E-state index in [1.54, 1.807) is 24.3 Å². The maximum absolute atomic E-state index is 13.7. The van der Waals surface area contributed by atoms with Crippen molar-refractivity contribution in [2.45, 2.75) is 0 Å². The highest BCUT2D eigenvalue weighted by Gasteiger charge is 2.12. The van der Waals surface area contributed by atoms with Gasteiger partial charge in [0, 0.05) is 22.2 Å². The minimum atomic E-state index is -0.697. The normalized spacial score (nSPS) is 10.6. The van der Waals surface area contributed by atoms with E-state index in [9.17, 15) is 14.0 Å². The van der Waals surface area contributed by atoms with E-state index in [4.69, 9.17) is 16.0 Å². The minimum absolute atomic E-state index is 0.107. The number of amides is 1. The van der Waals surface area contributed by atoms with E-state index in [0.29, 0.717) is 16.7 Å². The molecule has 0 aliphatic rings. The Hall–Kier alpha value is -2.66. The quantitative estimate of drug-likeness (QED) is 0.731. The van der Waals surface area contributed by atoms with Crippen LogP contribution >= 0.6 is 11.6 Å². The first kappa shape index (κ1) is 14.3. The second-order valence-electron chi connectivity index (χ2n) is 4.59. The first-order chi connectivity index (χ1) is 10.5. The molecule has 0 saturated carbocycles. The second kappa shape index (κ2) is 5.61. The molecule has 1 aromatic heterocycles. The van der Waals surface area contributed by atoms with Crippen molar-refractivity contribution in [2.75, 3.05) is 5.32 Å². The molecule has 4 nitrogen and oxygen atoms in total. The Morgan fingerprint density at radius 3 is 2.68 bits per heavy atom. The number of nitrogens with one attached hydrogen (secondary N) is 1. The average Bonchev–Trinajstić information content (AvgIpc) is 2.47. The molecule has 0 bridgehead atoms. The Morgan fingerprint density at radius 2 is 1.91 bits per heavy atom. The monoisotopic (exact) mass is 317 g/mol. The van der Waals surface area contributed by atoms with Crippen molar-refractivity contribution >= 4 is 34.2 Å². The molecule has 1 heterocycles. The highest BCUT2D eigenvalue weighted by molar-refractivity contribution is 6.30. The number of halogens is 2. The van der Waals surface area contributed by atoms with Gasteiger partial charge in [0.05, 0.1) is 5.56 Å². The first-order valence-corrected chi connectivity index (χ1v) is 6.71. The van der Waals surface area contributed by atoms with E-state index in [0.717, 1.165) is 6.07 Å². The molecular weight excluding hydrogens is 309 g/mol. The molecule has 1 amide bonds. The Kier molecular flexibility index (Phi) is 3.65. The lowest BCUT2D eigenvalue weighted by molar-refractivity contribution is 0.102. The van der Waals surface area contributed by atoms with Crippen LogP contribution in [-0.2, 0) is 0 Å². The number of fused-ring (bicyclic) bond motifs is 1. The molecule has 0 spiro atoms. The Labute approximate surface area is 129 Å². The highest BCUT2D eigenvalue weighted by atomic mass is 35.5. The summed E-state index contributed by atoms with van der Waals surface area (Å²) >= 11 is 5.65. The van der Waals surface area contributed by atoms with Gasteiger partial charge in [-0.2, -0.15) is 0 Å². The summed E-state index contributed by atoms with van der Waals surface area (Å²) in [5.74, 6) is -1.29. The van der Waals surface area contributed by atoms with Crippen LogP contribution in [0.2, 0.25) is 5.02 Å². The van der Waals surface area contributed by atoms with E-state index in [1.807, 2.05) is 0 Å². The van der Waals surface area contributed by atoms with Crippen LogP contribution in [0.25, 0.3) is 11.0 Å². The van der Waals surface area contributed by atoms with Crippen molar-refractivity contribution in [3.63, 3.8) is 0 Å². The third kappa shape index (κ3) is 2.84. The van der Waals surface area contributed by atoms with E-state index in [-0.39, 0.29) is 10.6 Å². The zero-order chi connectivity index (χ0) is 15.7. The molecule has 0 aliphatic carbocycles. The SMILES string of the molecule is O=C(Nc1ccc2oc(=O)ccc2c1)c1ccc(Cl)cc1F. The van der Waals surface area contributed by atoms with E-state index in [2.05, 4.69) is 5.32 Å². The predicted molar refractivity (Wildman–Crippen MR) is 81.8 cm³/mol. The molecule has 0 fully saturated rings. The van der Waals surface area contributed by atoms with Crippen molar-refractivity contribution in [1.29, 1.82) is 0 Å². The summed E-state index contributed by atoms with van der Waals surface area (Å²) in [6.45, 7) is 0. The van der Waals surface area contributed by atoms with Gasteiger partial charge in [-0.3, -0.25) is 4.79 Å². The van der Waals surface area contributed by atoms with Gasteiger partial charge in [-0.05, 0) is 42.5 Å². The number of rotatable bonds is 2. The molecule has 0 atom stereocenters. The lowest BCUT2D eigenvalue weighted by Crippen LogP contribution is -2.13. The van der Waals surface area contributed by atoms with Gasteiger partial charge in [0.15, 0.2) is 0 Å². The standard InChI is InChI=1S/C16H9ClFNO3/c17-10-2-4-12(13(18)8-10)16(21)19-11-3-5-14-9(7-11)1-6-15(20)22-14/h1-8H,(H,19,21). The smallest absolute Gasteiger partial charge is 0.336 e. The fourth-order valence-corrected chi connectivity index (χ4v) is 2.18. The third-order valence-corrected chi connectivity index (χ3v) is 3.29. The highest BCUT2D eigenvalue weighted by Crippen LogP contribution is 2.20. The summed E-state index contributed by atoms with van der Waals surface area (Å²) in [5, 5.41) is 3.45. The molecule has 0 unspecified atom stereocenters. The zero-order valence-corrected chi connectivity index (χ0v) is 11.9. The maximum atomic E-state index is 13.7. The third-order valence-electron chi connectivity index (χ3n) is 3.05. The summed E-state index contributed by atoms with van der Waals surface area (Å²) in [7, 11) is 0. The zero-order valence-electron chi connectivity index (χ0n) is 11.1. The molecule has 0 aliphatic heterocycles. The molecule has 1 N–H and O–H groups in total. The maximum Gasteiger partial charge on any atom is 0.336 e. The Bertz CT molecular complexity index is 936. The summed E-state index contributed by atoms with van der Waals surface area (Å²) in [4.78, 5) is 23.2. The predicted octanol–water partition coefficient (Wildman–Crippen LogP) is 3.84. The van der Waals surface area contributed by atoms with Gasteiger partial charge in [-0.15, -0.1) is 0 Å². The average molecular weight is 318 g/mol. The molecule has 22 heavy (non-hydrogen) atoms. The van der Waals surface area contributed by atoms with Crippen molar-refractivity contribution in [1.82, 2.24) is 0 Å². The summed E-state index contributed by atoms with van der Waals surface area (Å²) in [6.07, 6.45) is 0. The van der Waals surface area contributed by atoms with E-state index in [1.165, 1.54) is 18.2 Å². The number of hydrogen-bond acceptors (Lipinski definition) is 3. The van der Waals surface area contributed by atoms with E-state index >= 15 is 0 Å². The van der Waals surface area contributed by atoms with Gasteiger partial charge in [0.25, 0.3) is 5.91 Å². The lowest BCUT2D eigenvalue weighted by Gasteiger charge is -2.07. The second-order valence-corrected chi connectivity index (χ2v) is 5.02. The molecule has 110 valence electrons. The van der Waals surface area contributed by atoms with Crippen LogP contribution < -0.4 is 10.9 Å². The Morgan fingerprint density at radius 1 is 1.09 bits per heavy atom. The molecule has 3 rings (SSSR count). The van der Waals surface area contributed by atoms with Crippen LogP contribution in [0, 0.1) is 5.82 Å². The molecule has 3 aromatic rings. The number of benzene rings is 2. The van der Waals surface area contributed by atoms with Crippen molar-refractivity contribution < 1.29 is 13.6 Å². The Balaban J connectivity index is 1.90. The molecular formula is C16H9ClFNO3. The van der Waals surface area contributed by atoms with Crippen molar-refractivity contribution in [3.05, 3.63) is 75.4 Å². The summed E-state index contributed by atoms with van der Waals surface area (Å²) in [6, 6.07) is 11.4. The number of hydrogen-bond donors (Lipinski definition) is 1. The summed E-state index contributed by atoms with van der Waals surface area (Å²) in [5.41, 5.74) is 0.306. The van der Waals surface area contributed by atoms with Crippen LogP contribution in [-0.4, -0.2) is 5.91 Å². The van der Waals surface area contributed by atoms with Gasteiger partial charge in [0.2, 0.25) is 0 Å². The minimum Gasteiger partial charge on any atom is -0.423 e. The number of carbonyl (C=O) groups is 1. The molecule has 0 saturated heterocycles. The van der Waals surface area contributed by atoms with Gasteiger partial charge in [-0.1, -0.05) is 11.6 Å². The molecule has 6 heteroatoms. The van der Waals surface area contributed by atoms with Crippen LogP contribution in [0.5, 0.6) is 0 Å². The fourth-order valence-electron chi connectivity index (χ4n) is 2.02. The van der Waals surface area contributed by atoms with E-state index < -0.39 is 17.3 Å². The van der Waals surface area contributed by atoms with Crippen molar-refractivity contribution in [2.24, 2.45) is 0 Å². The van der Waals surface area contributed by atoms with Gasteiger partial charge in [-0.25, -0.2) is 9.18 Å². The number of anilines is 1. The largest absolute Gasteiger partial charge is 0.423 e. The fraction of sp³-hybridized carbons (Fsp3) is 0. The lowest BCUT2D eigenvalue weighted by atomic mass is 10.1. The van der Waals surface area contributed by atoms with Crippen LogP contribution in [0.1, 0.15) is 10.4 Å². The van der Waals surface area contributed by atoms with Crippen molar-refractivity contribution in [3.8, 4) is 0 Å². The van der Waals surface area contributed by atoms with Crippen LogP contribution in [0.4, 0.5) is 10.1 Å². The van der Waals surface area contributed by atoms with Crippen LogP contribution in [0.15, 0.2) is 57.7 Å². The summed E-state index contributed by atoms with van der Waals surface area (Å²) < 4.78 is 18.7. The van der Waals surface area contributed by atoms with Gasteiger partial charge in [0.1, 0.15) is 11.4 Å². The molecule has 2 aromatic carbocycles. The topological polar surface area (TPSA) is 59.3 Å². The van der Waals surface area contributed by atoms with Gasteiger partial charge >= 0.3 is 5.63 Å². The first-order valence-electron chi connectivity index (χ1n) is 6.33. The van der Waals surface area contributed by atoms with Gasteiger partial charge < -0.3 is 9.73 Å². The molecule has 0 radical (unpaired) electrons.